The number of aromatic amines is 1. The predicted octanol–water partition coefficient (Wildman–Crippen LogP) is 3.47. The van der Waals surface area contributed by atoms with Crippen molar-refractivity contribution in [2.45, 2.75) is 44.6 Å². The average molecular weight is 397 g/mol. The van der Waals surface area contributed by atoms with Gasteiger partial charge in [0.1, 0.15) is 11.6 Å². The van der Waals surface area contributed by atoms with E-state index in [0.717, 1.165) is 36.1 Å². The first-order chi connectivity index (χ1) is 14.2. The first-order valence-electron chi connectivity index (χ1n) is 10.2. The number of methoxy groups -OCH3 is 1. The summed E-state index contributed by atoms with van der Waals surface area (Å²) in [5.74, 6) is 1.98. The van der Waals surface area contributed by atoms with Gasteiger partial charge in [0.15, 0.2) is 6.61 Å². The molecule has 0 saturated heterocycles. The summed E-state index contributed by atoms with van der Waals surface area (Å²) in [7, 11) is 1.69. The van der Waals surface area contributed by atoms with Crippen molar-refractivity contribution in [1.29, 1.82) is 0 Å². The van der Waals surface area contributed by atoms with Crippen LogP contribution in [0.2, 0.25) is 0 Å². The lowest BCUT2D eigenvalue weighted by Gasteiger charge is -2.18. The van der Waals surface area contributed by atoms with Crippen LogP contribution in [-0.4, -0.2) is 46.0 Å². The molecule has 2 heterocycles. The second-order valence-electron chi connectivity index (χ2n) is 7.41. The van der Waals surface area contributed by atoms with Crippen molar-refractivity contribution in [2.24, 2.45) is 0 Å². The molecular formula is C21H27N5O3. The molecule has 1 saturated carbocycles. The maximum absolute atomic E-state index is 12.3. The normalized spacial score (nSPS) is 14.9. The van der Waals surface area contributed by atoms with Gasteiger partial charge in [-0.05, 0) is 31.0 Å². The van der Waals surface area contributed by atoms with Gasteiger partial charge in [-0.15, -0.1) is 5.10 Å². The van der Waals surface area contributed by atoms with Crippen molar-refractivity contribution in [2.75, 3.05) is 25.6 Å². The molecule has 1 aliphatic rings. The Bertz CT molecular complexity index is 958. The zero-order chi connectivity index (χ0) is 20.1. The van der Waals surface area contributed by atoms with Crippen LogP contribution < -0.4 is 10.1 Å². The van der Waals surface area contributed by atoms with Gasteiger partial charge in [-0.25, -0.2) is 0 Å². The van der Waals surface area contributed by atoms with E-state index < -0.39 is 0 Å². The third-order valence-corrected chi connectivity index (χ3v) is 5.41. The molecule has 29 heavy (non-hydrogen) atoms. The third kappa shape index (κ3) is 4.59. The monoisotopic (exact) mass is 397 g/mol. The van der Waals surface area contributed by atoms with Gasteiger partial charge in [0, 0.05) is 31.2 Å². The number of hydrogen-bond donors (Lipinski definition) is 2. The van der Waals surface area contributed by atoms with Gasteiger partial charge >= 0.3 is 0 Å². The van der Waals surface area contributed by atoms with Gasteiger partial charge in [-0.2, -0.15) is 4.98 Å². The van der Waals surface area contributed by atoms with Gasteiger partial charge in [-0.3, -0.25) is 15.2 Å². The van der Waals surface area contributed by atoms with Gasteiger partial charge in [-0.1, -0.05) is 25.3 Å². The first-order valence-corrected chi connectivity index (χ1v) is 10.2. The lowest BCUT2D eigenvalue weighted by molar-refractivity contribution is -0.118. The lowest BCUT2D eigenvalue weighted by Crippen LogP contribution is -2.21. The Kier molecular flexibility index (Phi) is 6.09. The van der Waals surface area contributed by atoms with E-state index in [1.807, 2.05) is 30.5 Å². The molecule has 0 radical (unpaired) electrons. The maximum atomic E-state index is 12.3. The number of benzene rings is 1. The molecule has 1 amide bonds. The van der Waals surface area contributed by atoms with Crippen molar-refractivity contribution >= 4 is 22.8 Å². The number of carbonyl (C=O) groups excluding carboxylic acids is 1. The second kappa shape index (κ2) is 9.09. The Balaban J connectivity index is 1.35. The van der Waals surface area contributed by atoms with E-state index in [2.05, 4.69) is 25.1 Å². The molecule has 1 fully saturated rings. The SMILES string of the molecule is COCCn1ccc2c(OCC(=O)Nc3n[nH]c(C4CCCCC4)n3)cccc21. The summed E-state index contributed by atoms with van der Waals surface area (Å²) in [6.45, 7) is 1.30. The summed E-state index contributed by atoms with van der Waals surface area (Å²) in [6.07, 6.45) is 7.98. The van der Waals surface area contributed by atoms with Crippen LogP contribution in [0.1, 0.15) is 43.8 Å². The van der Waals surface area contributed by atoms with Crippen molar-refractivity contribution in [3.8, 4) is 5.75 Å². The Morgan fingerprint density at radius 3 is 2.97 bits per heavy atom. The van der Waals surface area contributed by atoms with Crippen molar-refractivity contribution in [3.05, 3.63) is 36.3 Å². The molecule has 4 rings (SSSR count). The highest BCUT2D eigenvalue weighted by molar-refractivity contribution is 5.91. The van der Waals surface area contributed by atoms with E-state index in [1.54, 1.807) is 7.11 Å². The molecule has 0 spiro atoms. The van der Waals surface area contributed by atoms with E-state index in [-0.39, 0.29) is 12.5 Å². The number of carbonyl (C=O) groups is 1. The largest absolute Gasteiger partial charge is 0.483 e. The molecule has 3 aromatic rings. The molecule has 0 unspecified atom stereocenters. The molecule has 0 bridgehead atoms. The fraction of sp³-hybridized carbons (Fsp3) is 0.476. The van der Waals surface area contributed by atoms with Gasteiger partial charge in [0.2, 0.25) is 5.95 Å². The minimum atomic E-state index is -0.282. The standard InChI is InChI=1S/C21H27N5O3/c1-28-13-12-26-11-10-16-17(26)8-5-9-18(16)29-14-19(27)22-21-23-20(24-25-21)15-6-3-2-4-7-15/h5,8-11,15H,2-4,6-7,12-14H2,1H3,(H2,22,23,24,25,27). The van der Waals surface area contributed by atoms with Crippen molar-refractivity contribution < 1.29 is 14.3 Å². The summed E-state index contributed by atoms with van der Waals surface area (Å²) in [5, 5.41) is 10.8. The van der Waals surface area contributed by atoms with Crippen LogP contribution in [0, 0.1) is 0 Å². The number of hydrogen-bond acceptors (Lipinski definition) is 5. The number of nitrogens with one attached hydrogen (secondary N) is 2. The van der Waals surface area contributed by atoms with Crippen LogP contribution in [0.5, 0.6) is 5.75 Å². The Labute approximate surface area is 169 Å². The van der Waals surface area contributed by atoms with Gasteiger partial charge in [0.05, 0.1) is 12.1 Å². The minimum absolute atomic E-state index is 0.102. The highest BCUT2D eigenvalue weighted by Gasteiger charge is 2.19. The van der Waals surface area contributed by atoms with E-state index in [9.17, 15) is 4.79 Å². The van der Waals surface area contributed by atoms with Crippen LogP contribution in [0.15, 0.2) is 30.5 Å². The maximum Gasteiger partial charge on any atom is 0.264 e. The molecule has 0 atom stereocenters. The Morgan fingerprint density at radius 1 is 1.28 bits per heavy atom. The fourth-order valence-electron chi connectivity index (χ4n) is 3.90. The van der Waals surface area contributed by atoms with Crippen LogP contribution in [0.4, 0.5) is 5.95 Å². The number of aromatic nitrogens is 4. The van der Waals surface area contributed by atoms with Crippen LogP contribution in [0.25, 0.3) is 10.9 Å². The van der Waals surface area contributed by atoms with Gasteiger partial charge < -0.3 is 14.0 Å². The Morgan fingerprint density at radius 2 is 2.14 bits per heavy atom. The van der Waals surface area contributed by atoms with Gasteiger partial charge in [0.25, 0.3) is 5.91 Å². The minimum Gasteiger partial charge on any atom is -0.483 e. The molecule has 0 aliphatic heterocycles. The van der Waals surface area contributed by atoms with E-state index in [0.29, 0.717) is 24.2 Å². The highest BCUT2D eigenvalue weighted by Crippen LogP contribution is 2.31. The topological polar surface area (TPSA) is 94.1 Å². The molecule has 8 nitrogen and oxygen atoms in total. The summed E-state index contributed by atoms with van der Waals surface area (Å²) in [4.78, 5) is 16.7. The fourth-order valence-corrected chi connectivity index (χ4v) is 3.90. The predicted molar refractivity (Wildman–Crippen MR) is 110 cm³/mol. The summed E-state index contributed by atoms with van der Waals surface area (Å²) >= 11 is 0. The summed E-state index contributed by atoms with van der Waals surface area (Å²) < 4.78 is 13.0. The van der Waals surface area contributed by atoms with Crippen LogP contribution in [0.3, 0.4) is 0 Å². The van der Waals surface area contributed by atoms with Crippen molar-refractivity contribution in [1.82, 2.24) is 19.7 Å². The summed E-state index contributed by atoms with van der Waals surface area (Å²) in [6, 6.07) is 7.80. The van der Waals surface area contributed by atoms with Crippen LogP contribution >= 0.6 is 0 Å². The Hall–Kier alpha value is -2.87. The second-order valence-corrected chi connectivity index (χ2v) is 7.41. The smallest absolute Gasteiger partial charge is 0.264 e. The number of anilines is 1. The summed E-state index contributed by atoms with van der Waals surface area (Å²) in [5.41, 5.74) is 1.05. The zero-order valence-electron chi connectivity index (χ0n) is 16.7. The number of fused-ring (bicyclic) bond motifs is 1. The zero-order valence-corrected chi connectivity index (χ0v) is 16.7. The van der Waals surface area contributed by atoms with E-state index in [4.69, 9.17) is 9.47 Å². The van der Waals surface area contributed by atoms with Crippen molar-refractivity contribution in [3.63, 3.8) is 0 Å². The number of H-pyrrole nitrogens is 1. The molecule has 2 aromatic heterocycles. The van der Waals surface area contributed by atoms with E-state index >= 15 is 0 Å². The molecule has 8 heteroatoms. The molecule has 1 aromatic carbocycles. The number of ether oxygens (including phenoxy) is 2. The number of amides is 1. The first kappa shape index (κ1) is 19.4. The highest BCUT2D eigenvalue weighted by atomic mass is 16.5. The molecule has 1 aliphatic carbocycles. The van der Waals surface area contributed by atoms with E-state index in [1.165, 1.54) is 19.3 Å². The molecule has 2 N–H and O–H groups in total. The average Bonchev–Trinajstić information content (AvgIpc) is 3.39. The lowest BCUT2D eigenvalue weighted by atomic mass is 9.89. The third-order valence-electron chi connectivity index (χ3n) is 5.41. The molecular weight excluding hydrogens is 370 g/mol. The molecule has 154 valence electrons. The number of rotatable bonds is 8. The number of nitrogens with zero attached hydrogens (tertiary/aromatic N) is 3. The van der Waals surface area contributed by atoms with Crippen LogP contribution in [-0.2, 0) is 16.1 Å². The quantitative estimate of drug-likeness (QED) is 0.607.